The second-order valence-corrected chi connectivity index (χ2v) is 6.50. The van der Waals surface area contributed by atoms with Gasteiger partial charge in [-0.05, 0) is 48.7 Å². The summed E-state index contributed by atoms with van der Waals surface area (Å²) in [5.41, 5.74) is 5.09. The molecule has 6 nitrogen and oxygen atoms in total. The van der Waals surface area contributed by atoms with Gasteiger partial charge in [0, 0.05) is 37.9 Å². The van der Waals surface area contributed by atoms with Crippen LogP contribution >= 0.6 is 0 Å². The number of anilines is 2. The molecule has 1 N–H and O–H groups in total. The van der Waals surface area contributed by atoms with Crippen LogP contribution < -0.4 is 9.80 Å². The third-order valence-electron chi connectivity index (χ3n) is 4.74. The van der Waals surface area contributed by atoms with Crippen LogP contribution in [-0.2, 0) is 6.61 Å². The second kappa shape index (κ2) is 7.11. The third-order valence-corrected chi connectivity index (χ3v) is 4.74. The van der Waals surface area contributed by atoms with E-state index in [4.69, 9.17) is 0 Å². The molecule has 0 amide bonds. The van der Waals surface area contributed by atoms with Crippen molar-refractivity contribution < 1.29 is 10.0 Å². The molecule has 1 aliphatic heterocycles. The van der Waals surface area contributed by atoms with Gasteiger partial charge in [-0.2, -0.15) is 0 Å². The summed E-state index contributed by atoms with van der Waals surface area (Å²) < 4.78 is 0. The Bertz CT molecular complexity index is 783. The molecule has 3 rings (SSSR count). The highest BCUT2D eigenvalue weighted by Crippen LogP contribution is 2.31. The van der Waals surface area contributed by atoms with Gasteiger partial charge in [0.1, 0.15) is 5.69 Å². The zero-order chi connectivity index (χ0) is 18.0. The summed E-state index contributed by atoms with van der Waals surface area (Å²) in [6.07, 6.45) is 0. The lowest BCUT2D eigenvalue weighted by Crippen LogP contribution is -2.47. The normalized spacial score (nSPS) is 14.7. The van der Waals surface area contributed by atoms with E-state index in [0.717, 1.165) is 13.1 Å². The number of aryl methyl sites for hydroxylation is 2. The molecule has 0 aromatic heterocycles. The van der Waals surface area contributed by atoms with Crippen molar-refractivity contribution in [3.8, 4) is 0 Å². The first-order valence-corrected chi connectivity index (χ1v) is 8.45. The molecule has 2 aromatic carbocycles. The summed E-state index contributed by atoms with van der Waals surface area (Å²) >= 11 is 0. The molecule has 0 spiro atoms. The van der Waals surface area contributed by atoms with Crippen molar-refractivity contribution in [1.29, 1.82) is 0 Å². The Balaban J connectivity index is 1.80. The lowest BCUT2D eigenvalue weighted by Gasteiger charge is -2.38. The highest BCUT2D eigenvalue weighted by molar-refractivity contribution is 5.66. The van der Waals surface area contributed by atoms with Crippen LogP contribution in [0.1, 0.15) is 16.7 Å². The Morgan fingerprint density at radius 3 is 2.24 bits per heavy atom. The smallest absolute Gasteiger partial charge is 0.292 e. The highest BCUT2D eigenvalue weighted by Gasteiger charge is 2.24. The number of piperazine rings is 1. The number of benzene rings is 2. The molecule has 1 heterocycles. The minimum absolute atomic E-state index is 0.0948. The van der Waals surface area contributed by atoms with Crippen molar-refractivity contribution in [3.63, 3.8) is 0 Å². The number of hydrogen-bond donors (Lipinski definition) is 1. The Labute approximate surface area is 147 Å². The van der Waals surface area contributed by atoms with Crippen molar-refractivity contribution in [3.05, 3.63) is 63.2 Å². The van der Waals surface area contributed by atoms with E-state index < -0.39 is 0 Å². The Morgan fingerprint density at radius 2 is 1.64 bits per heavy atom. The summed E-state index contributed by atoms with van der Waals surface area (Å²) in [6, 6.07) is 11.3. The van der Waals surface area contributed by atoms with Gasteiger partial charge in [0.05, 0.1) is 11.5 Å². The molecule has 1 fully saturated rings. The number of aliphatic hydroxyl groups excluding tert-OH is 1. The van der Waals surface area contributed by atoms with Crippen LogP contribution in [0, 0.1) is 24.0 Å². The lowest BCUT2D eigenvalue weighted by atomic mass is 10.1. The molecular weight excluding hydrogens is 318 g/mol. The number of aliphatic hydroxyl groups is 1. The topological polar surface area (TPSA) is 69.8 Å². The third kappa shape index (κ3) is 3.58. The maximum atomic E-state index is 11.3. The summed E-state index contributed by atoms with van der Waals surface area (Å²) in [4.78, 5) is 15.4. The van der Waals surface area contributed by atoms with Gasteiger partial charge in [0.2, 0.25) is 0 Å². The maximum Gasteiger partial charge on any atom is 0.292 e. The summed E-state index contributed by atoms with van der Waals surface area (Å²) in [5, 5.41) is 20.7. The number of nitro groups is 1. The summed E-state index contributed by atoms with van der Waals surface area (Å²) in [6.45, 7) is 7.12. The molecule has 1 aliphatic rings. The van der Waals surface area contributed by atoms with E-state index in [9.17, 15) is 15.2 Å². The largest absolute Gasteiger partial charge is 0.392 e. The number of nitrogens with zero attached hydrogens (tertiary/aromatic N) is 3. The van der Waals surface area contributed by atoms with Crippen LogP contribution in [-0.4, -0.2) is 36.2 Å². The monoisotopic (exact) mass is 341 g/mol. The van der Waals surface area contributed by atoms with E-state index in [1.807, 2.05) is 4.90 Å². The van der Waals surface area contributed by atoms with Crippen molar-refractivity contribution in [2.75, 3.05) is 36.0 Å². The first-order valence-electron chi connectivity index (χ1n) is 8.45. The molecule has 0 bridgehead atoms. The van der Waals surface area contributed by atoms with Crippen LogP contribution in [0.3, 0.4) is 0 Å². The number of nitro benzene ring substituents is 1. The van der Waals surface area contributed by atoms with Gasteiger partial charge in [0.25, 0.3) is 5.69 Å². The van der Waals surface area contributed by atoms with Crippen molar-refractivity contribution in [1.82, 2.24) is 0 Å². The minimum atomic E-state index is -0.354. The summed E-state index contributed by atoms with van der Waals surface area (Å²) in [5.74, 6) is 0. The first kappa shape index (κ1) is 17.2. The van der Waals surface area contributed by atoms with Gasteiger partial charge < -0.3 is 14.9 Å². The molecule has 6 heteroatoms. The van der Waals surface area contributed by atoms with E-state index in [-0.39, 0.29) is 17.2 Å². The van der Waals surface area contributed by atoms with Crippen LogP contribution in [0.4, 0.5) is 17.1 Å². The average Bonchev–Trinajstić information content (AvgIpc) is 2.63. The van der Waals surface area contributed by atoms with Crippen LogP contribution in [0.5, 0.6) is 0 Å². The molecule has 0 atom stereocenters. The molecular formula is C19H23N3O3. The zero-order valence-electron chi connectivity index (χ0n) is 14.6. The van der Waals surface area contributed by atoms with Crippen LogP contribution in [0.2, 0.25) is 0 Å². The minimum Gasteiger partial charge on any atom is -0.392 e. The van der Waals surface area contributed by atoms with Crippen LogP contribution in [0.15, 0.2) is 36.4 Å². The molecule has 2 aromatic rings. The quantitative estimate of drug-likeness (QED) is 0.684. The lowest BCUT2D eigenvalue weighted by molar-refractivity contribution is -0.384. The SMILES string of the molecule is Cc1ccc(C)c(N2CCN(c3cc(CO)ccc3[N+](=O)[O-])CC2)c1. The van der Waals surface area contributed by atoms with Gasteiger partial charge in [0.15, 0.2) is 0 Å². The zero-order valence-corrected chi connectivity index (χ0v) is 14.6. The molecule has 0 unspecified atom stereocenters. The van der Waals surface area contributed by atoms with Gasteiger partial charge in [-0.15, -0.1) is 0 Å². The Morgan fingerprint density at radius 1 is 1.00 bits per heavy atom. The fourth-order valence-corrected chi connectivity index (χ4v) is 3.32. The average molecular weight is 341 g/mol. The Kier molecular flexibility index (Phi) is 4.90. The predicted molar refractivity (Wildman–Crippen MR) is 99.4 cm³/mol. The van der Waals surface area contributed by atoms with Gasteiger partial charge in [-0.1, -0.05) is 12.1 Å². The molecule has 1 saturated heterocycles. The fraction of sp³-hybridized carbons (Fsp3) is 0.368. The Hall–Kier alpha value is -2.60. The van der Waals surface area contributed by atoms with Gasteiger partial charge in [-0.3, -0.25) is 10.1 Å². The standard InChI is InChI=1S/C19H23N3O3/c1-14-3-4-15(2)18(11-14)20-7-9-21(10-8-20)19-12-16(13-23)5-6-17(19)22(24)25/h3-6,11-12,23H,7-10,13H2,1-2H3. The molecule has 25 heavy (non-hydrogen) atoms. The molecule has 132 valence electrons. The number of rotatable bonds is 4. The maximum absolute atomic E-state index is 11.3. The van der Waals surface area contributed by atoms with Crippen molar-refractivity contribution >= 4 is 17.1 Å². The van der Waals surface area contributed by atoms with E-state index in [1.54, 1.807) is 12.1 Å². The first-order chi connectivity index (χ1) is 12.0. The molecule has 0 aliphatic carbocycles. The van der Waals surface area contributed by atoms with E-state index >= 15 is 0 Å². The second-order valence-electron chi connectivity index (χ2n) is 6.50. The molecule has 0 radical (unpaired) electrons. The fourth-order valence-electron chi connectivity index (χ4n) is 3.32. The van der Waals surface area contributed by atoms with E-state index in [0.29, 0.717) is 24.3 Å². The van der Waals surface area contributed by atoms with Crippen molar-refractivity contribution in [2.24, 2.45) is 0 Å². The molecule has 0 saturated carbocycles. The van der Waals surface area contributed by atoms with Crippen molar-refractivity contribution in [2.45, 2.75) is 20.5 Å². The van der Waals surface area contributed by atoms with Crippen LogP contribution in [0.25, 0.3) is 0 Å². The van der Waals surface area contributed by atoms with Gasteiger partial charge in [-0.25, -0.2) is 0 Å². The predicted octanol–water partition coefficient (Wildman–Crippen LogP) is 3.03. The van der Waals surface area contributed by atoms with E-state index in [1.165, 1.54) is 22.9 Å². The highest BCUT2D eigenvalue weighted by atomic mass is 16.6. The van der Waals surface area contributed by atoms with Gasteiger partial charge >= 0.3 is 0 Å². The summed E-state index contributed by atoms with van der Waals surface area (Å²) in [7, 11) is 0. The van der Waals surface area contributed by atoms with E-state index in [2.05, 4.69) is 36.9 Å². The number of hydrogen-bond acceptors (Lipinski definition) is 5.